The smallest absolute Gasteiger partial charge is 0.155 e. The maximum Gasteiger partial charge on any atom is 0.155 e. The monoisotopic (exact) mass is 206 g/mol. The van der Waals surface area contributed by atoms with Crippen molar-refractivity contribution < 1.29 is 5.11 Å². The molecule has 2 aromatic rings. The lowest BCUT2D eigenvalue weighted by Gasteiger charge is -2.09. The zero-order valence-corrected chi connectivity index (χ0v) is 8.81. The van der Waals surface area contributed by atoms with E-state index in [1.54, 1.807) is 18.7 Å². The first-order valence-corrected chi connectivity index (χ1v) is 4.89. The van der Waals surface area contributed by atoms with Crippen LogP contribution < -0.4 is 0 Å². The molecule has 15 heavy (non-hydrogen) atoms. The number of nitrogens with zero attached hydrogens (tertiary/aromatic N) is 3. The largest absolute Gasteiger partial charge is 0.390 e. The first-order valence-electron chi connectivity index (χ1n) is 4.89. The van der Waals surface area contributed by atoms with Gasteiger partial charge >= 0.3 is 0 Å². The highest BCUT2D eigenvalue weighted by Gasteiger charge is 2.10. The summed E-state index contributed by atoms with van der Waals surface area (Å²) >= 11 is 0. The van der Waals surface area contributed by atoms with Crippen LogP contribution in [0.2, 0.25) is 0 Å². The molecule has 0 unspecified atom stereocenters. The Hall–Kier alpha value is -1.62. The minimum Gasteiger partial charge on any atom is -0.390 e. The lowest BCUT2D eigenvalue weighted by molar-refractivity contribution is 0.277. The van der Waals surface area contributed by atoms with Crippen LogP contribution in [0.5, 0.6) is 0 Å². The number of aliphatic hydroxyl groups is 1. The van der Waals surface area contributed by atoms with Crippen LogP contribution in [-0.4, -0.2) is 24.6 Å². The van der Waals surface area contributed by atoms with Crippen molar-refractivity contribution in [3.05, 3.63) is 24.4 Å². The number of imidazole rings is 2. The van der Waals surface area contributed by atoms with Gasteiger partial charge in [0.1, 0.15) is 5.69 Å². The van der Waals surface area contributed by atoms with E-state index in [0.717, 1.165) is 11.5 Å². The van der Waals surface area contributed by atoms with E-state index >= 15 is 0 Å². The first-order chi connectivity index (χ1) is 7.22. The SMILES string of the molecule is CC(C)n1cncc1-c1ncc(CO)[nH]1. The molecule has 0 aliphatic rings. The predicted octanol–water partition coefficient (Wildman–Crippen LogP) is 1.35. The third kappa shape index (κ3) is 1.78. The normalized spacial score (nSPS) is 11.2. The molecule has 5 nitrogen and oxygen atoms in total. The molecule has 2 N–H and O–H groups in total. The van der Waals surface area contributed by atoms with E-state index in [1.165, 1.54) is 0 Å². The summed E-state index contributed by atoms with van der Waals surface area (Å²) in [5.74, 6) is 0.741. The van der Waals surface area contributed by atoms with Gasteiger partial charge in [-0.2, -0.15) is 0 Å². The number of aromatic amines is 1. The number of rotatable bonds is 3. The molecule has 0 spiro atoms. The van der Waals surface area contributed by atoms with E-state index in [9.17, 15) is 0 Å². The molecule has 2 aromatic heterocycles. The van der Waals surface area contributed by atoms with Crippen molar-refractivity contribution in [3.8, 4) is 11.5 Å². The van der Waals surface area contributed by atoms with Crippen molar-refractivity contribution in [2.24, 2.45) is 0 Å². The molecular weight excluding hydrogens is 192 g/mol. The first kappa shape index (κ1) is 9.92. The van der Waals surface area contributed by atoms with Crippen LogP contribution >= 0.6 is 0 Å². The van der Waals surface area contributed by atoms with Gasteiger partial charge in [0.15, 0.2) is 5.82 Å². The minimum atomic E-state index is -0.0250. The summed E-state index contributed by atoms with van der Waals surface area (Å²) in [6.07, 6.45) is 5.17. The van der Waals surface area contributed by atoms with Crippen LogP contribution in [0.3, 0.4) is 0 Å². The molecule has 0 aromatic carbocycles. The number of nitrogens with one attached hydrogen (secondary N) is 1. The fourth-order valence-corrected chi connectivity index (χ4v) is 1.47. The molecule has 0 atom stereocenters. The average Bonchev–Trinajstić information content (AvgIpc) is 2.85. The van der Waals surface area contributed by atoms with Gasteiger partial charge in [0.25, 0.3) is 0 Å². The van der Waals surface area contributed by atoms with Crippen molar-refractivity contribution in [2.75, 3.05) is 0 Å². The molecule has 2 heterocycles. The molecule has 5 heteroatoms. The van der Waals surface area contributed by atoms with E-state index in [1.807, 2.05) is 4.57 Å². The van der Waals surface area contributed by atoms with E-state index < -0.39 is 0 Å². The van der Waals surface area contributed by atoms with Crippen molar-refractivity contribution in [3.63, 3.8) is 0 Å². The quantitative estimate of drug-likeness (QED) is 0.796. The molecule has 0 radical (unpaired) electrons. The summed E-state index contributed by atoms with van der Waals surface area (Å²) in [5.41, 5.74) is 1.64. The van der Waals surface area contributed by atoms with Gasteiger partial charge < -0.3 is 14.7 Å². The second-order valence-electron chi connectivity index (χ2n) is 3.70. The van der Waals surface area contributed by atoms with Crippen LogP contribution in [0.1, 0.15) is 25.6 Å². The van der Waals surface area contributed by atoms with Gasteiger partial charge in [-0.3, -0.25) is 0 Å². The molecule has 0 aliphatic carbocycles. The van der Waals surface area contributed by atoms with Gasteiger partial charge in [-0.25, -0.2) is 9.97 Å². The van der Waals surface area contributed by atoms with Gasteiger partial charge in [-0.1, -0.05) is 0 Å². The molecule has 0 fully saturated rings. The summed E-state index contributed by atoms with van der Waals surface area (Å²) in [6, 6.07) is 0.338. The molecular formula is C10H14N4O. The van der Waals surface area contributed by atoms with Crippen LogP contribution in [0.25, 0.3) is 11.5 Å². The Morgan fingerprint density at radius 2 is 2.27 bits per heavy atom. The molecule has 0 saturated carbocycles. The van der Waals surface area contributed by atoms with Crippen molar-refractivity contribution in [2.45, 2.75) is 26.5 Å². The standard InChI is InChI=1S/C10H14N4O/c1-7(2)14-6-11-4-9(14)10-12-3-8(5-15)13-10/h3-4,6-7,15H,5H2,1-2H3,(H,12,13). The Balaban J connectivity index is 2.40. The topological polar surface area (TPSA) is 66.7 Å². The highest BCUT2D eigenvalue weighted by atomic mass is 16.3. The number of hydrogen-bond donors (Lipinski definition) is 2. The molecule has 0 amide bonds. The second-order valence-corrected chi connectivity index (χ2v) is 3.70. The van der Waals surface area contributed by atoms with Gasteiger partial charge in [-0.05, 0) is 13.8 Å². The lowest BCUT2D eigenvalue weighted by Crippen LogP contribution is -2.01. The Morgan fingerprint density at radius 3 is 2.87 bits per heavy atom. The third-order valence-corrected chi connectivity index (χ3v) is 2.26. The van der Waals surface area contributed by atoms with E-state index in [0.29, 0.717) is 11.7 Å². The third-order valence-electron chi connectivity index (χ3n) is 2.26. The maximum atomic E-state index is 8.93. The molecule has 80 valence electrons. The van der Waals surface area contributed by atoms with Crippen LogP contribution in [0, 0.1) is 0 Å². The van der Waals surface area contributed by atoms with E-state index in [2.05, 4.69) is 28.8 Å². The van der Waals surface area contributed by atoms with Crippen molar-refractivity contribution in [1.29, 1.82) is 0 Å². The average molecular weight is 206 g/mol. The van der Waals surface area contributed by atoms with Crippen molar-refractivity contribution >= 4 is 0 Å². The Kier molecular flexibility index (Phi) is 2.55. The molecule has 0 saturated heterocycles. The minimum absolute atomic E-state index is 0.0250. The molecule has 0 bridgehead atoms. The molecule has 2 rings (SSSR count). The van der Waals surface area contributed by atoms with Crippen molar-refractivity contribution in [1.82, 2.24) is 19.5 Å². The Morgan fingerprint density at radius 1 is 1.47 bits per heavy atom. The molecule has 0 aliphatic heterocycles. The highest BCUT2D eigenvalue weighted by Crippen LogP contribution is 2.19. The zero-order chi connectivity index (χ0) is 10.8. The number of hydrogen-bond acceptors (Lipinski definition) is 3. The second kappa shape index (κ2) is 3.86. The highest BCUT2D eigenvalue weighted by molar-refractivity contribution is 5.49. The van der Waals surface area contributed by atoms with Gasteiger partial charge in [0.2, 0.25) is 0 Å². The predicted molar refractivity (Wildman–Crippen MR) is 56.1 cm³/mol. The maximum absolute atomic E-state index is 8.93. The lowest BCUT2D eigenvalue weighted by atomic mass is 10.3. The van der Waals surface area contributed by atoms with Crippen LogP contribution in [0.4, 0.5) is 0 Å². The fraction of sp³-hybridized carbons (Fsp3) is 0.400. The summed E-state index contributed by atoms with van der Waals surface area (Å²) in [4.78, 5) is 11.3. The number of aromatic nitrogens is 4. The van der Waals surface area contributed by atoms with E-state index in [-0.39, 0.29) is 6.61 Å². The van der Waals surface area contributed by atoms with Gasteiger partial charge in [-0.15, -0.1) is 0 Å². The number of aliphatic hydroxyl groups excluding tert-OH is 1. The van der Waals surface area contributed by atoms with Crippen LogP contribution in [-0.2, 0) is 6.61 Å². The summed E-state index contributed by atoms with van der Waals surface area (Å²) < 4.78 is 2.03. The van der Waals surface area contributed by atoms with Gasteiger partial charge in [0, 0.05) is 6.04 Å². The Labute approximate surface area is 87.8 Å². The zero-order valence-electron chi connectivity index (χ0n) is 8.81. The van der Waals surface area contributed by atoms with E-state index in [4.69, 9.17) is 5.11 Å². The Bertz CT molecular complexity index is 444. The summed E-state index contributed by atoms with van der Waals surface area (Å²) in [5, 5.41) is 8.93. The number of H-pyrrole nitrogens is 1. The summed E-state index contributed by atoms with van der Waals surface area (Å²) in [7, 11) is 0. The fourth-order valence-electron chi connectivity index (χ4n) is 1.47. The van der Waals surface area contributed by atoms with Gasteiger partial charge in [0.05, 0.1) is 31.0 Å². The van der Waals surface area contributed by atoms with Crippen LogP contribution in [0.15, 0.2) is 18.7 Å². The summed E-state index contributed by atoms with van der Waals surface area (Å²) in [6.45, 7) is 4.14.